The summed E-state index contributed by atoms with van der Waals surface area (Å²) in [6.45, 7) is 6.93. The van der Waals surface area contributed by atoms with E-state index in [0.29, 0.717) is 12.6 Å². The predicted molar refractivity (Wildman–Crippen MR) is 70.1 cm³/mol. The van der Waals surface area contributed by atoms with E-state index in [1.54, 1.807) is 0 Å². The van der Waals surface area contributed by atoms with Gasteiger partial charge < -0.3 is 20.3 Å². The molecule has 4 nitrogen and oxygen atoms in total. The average Bonchev–Trinajstić information content (AvgIpc) is 2.39. The van der Waals surface area contributed by atoms with Crippen molar-refractivity contribution in [3.05, 3.63) is 18.2 Å². The highest BCUT2D eigenvalue weighted by Crippen LogP contribution is 2.39. The third-order valence-electron chi connectivity index (χ3n) is 3.48. The fourth-order valence-electron chi connectivity index (χ4n) is 2.69. The van der Waals surface area contributed by atoms with Crippen molar-refractivity contribution in [2.75, 3.05) is 43.0 Å². The molecule has 2 aliphatic heterocycles. The van der Waals surface area contributed by atoms with E-state index in [0.717, 1.165) is 37.6 Å². The molecule has 1 aromatic rings. The minimum absolute atomic E-state index is 0.563. The summed E-state index contributed by atoms with van der Waals surface area (Å²) < 4.78 is 5.68. The number of piperazine rings is 1. The number of hydrogen-bond donors (Lipinski definition) is 2. The van der Waals surface area contributed by atoms with Crippen molar-refractivity contribution in [3.8, 4) is 5.75 Å². The van der Waals surface area contributed by atoms with Gasteiger partial charge in [-0.05, 0) is 19.1 Å². The maximum Gasteiger partial charge on any atom is 0.144 e. The van der Waals surface area contributed by atoms with E-state index < -0.39 is 0 Å². The lowest BCUT2D eigenvalue weighted by Gasteiger charge is -2.43. The Bertz CT molecular complexity index is 408. The molecule has 2 N–H and O–H groups in total. The van der Waals surface area contributed by atoms with Crippen LogP contribution < -0.4 is 20.3 Å². The number of fused-ring (bicyclic) bond motifs is 3. The summed E-state index contributed by atoms with van der Waals surface area (Å²) in [6.07, 6.45) is 0. The Balaban J connectivity index is 1.96. The lowest BCUT2D eigenvalue weighted by atomic mass is 10.1. The maximum absolute atomic E-state index is 5.68. The average molecular weight is 233 g/mol. The van der Waals surface area contributed by atoms with E-state index in [1.165, 1.54) is 5.69 Å². The minimum atomic E-state index is 0.563. The number of para-hydroxylation sites is 1. The van der Waals surface area contributed by atoms with Gasteiger partial charge in [0.15, 0.2) is 0 Å². The zero-order chi connectivity index (χ0) is 11.7. The van der Waals surface area contributed by atoms with E-state index in [1.807, 2.05) is 13.0 Å². The molecule has 2 heterocycles. The van der Waals surface area contributed by atoms with Gasteiger partial charge in [0.05, 0.1) is 18.3 Å². The summed E-state index contributed by atoms with van der Waals surface area (Å²) in [6, 6.07) is 6.86. The molecule has 2 aliphatic rings. The molecule has 1 atom stereocenters. The summed E-state index contributed by atoms with van der Waals surface area (Å²) in [7, 11) is 0. The first kappa shape index (κ1) is 10.7. The van der Waals surface area contributed by atoms with Crippen LogP contribution in [0.2, 0.25) is 0 Å². The molecule has 1 fully saturated rings. The molecule has 92 valence electrons. The fourth-order valence-corrected chi connectivity index (χ4v) is 2.69. The lowest BCUT2D eigenvalue weighted by molar-refractivity contribution is 0.340. The second kappa shape index (κ2) is 4.45. The van der Waals surface area contributed by atoms with Crippen molar-refractivity contribution in [2.24, 2.45) is 0 Å². The van der Waals surface area contributed by atoms with E-state index in [-0.39, 0.29) is 0 Å². The van der Waals surface area contributed by atoms with Gasteiger partial charge in [-0.1, -0.05) is 6.07 Å². The Morgan fingerprint density at radius 1 is 1.41 bits per heavy atom. The zero-order valence-corrected chi connectivity index (χ0v) is 10.2. The van der Waals surface area contributed by atoms with E-state index in [2.05, 4.69) is 27.7 Å². The second-order valence-electron chi connectivity index (χ2n) is 4.52. The Kier molecular flexibility index (Phi) is 2.81. The molecule has 1 aromatic carbocycles. The second-order valence-corrected chi connectivity index (χ2v) is 4.52. The van der Waals surface area contributed by atoms with E-state index >= 15 is 0 Å². The van der Waals surface area contributed by atoms with Crippen LogP contribution in [-0.2, 0) is 0 Å². The first-order chi connectivity index (χ1) is 8.40. The highest BCUT2D eigenvalue weighted by molar-refractivity contribution is 5.79. The van der Waals surface area contributed by atoms with Crippen LogP contribution in [0.1, 0.15) is 6.92 Å². The summed E-state index contributed by atoms with van der Waals surface area (Å²) >= 11 is 0. The number of anilines is 2. The molecule has 3 rings (SSSR count). The number of ether oxygens (including phenoxy) is 1. The number of nitrogens with one attached hydrogen (secondary N) is 2. The Hall–Kier alpha value is -1.42. The van der Waals surface area contributed by atoms with Gasteiger partial charge in [0.25, 0.3) is 0 Å². The van der Waals surface area contributed by atoms with Gasteiger partial charge in [-0.2, -0.15) is 0 Å². The van der Waals surface area contributed by atoms with Gasteiger partial charge in [0.2, 0.25) is 0 Å². The quantitative estimate of drug-likeness (QED) is 0.807. The van der Waals surface area contributed by atoms with Crippen LogP contribution in [0, 0.1) is 0 Å². The number of hydrogen-bond acceptors (Lipinski definition) is 4. The molecule has 17 heavy (non-hydrogen) atoms. The molecule has 0 bridgehead atoms. The topological polar surface area (TPSA) is 36.5 Å². The summed E-state index contributed by atoms with van der Waals surface area (Å²) in [4.78, 5) is 2.49. The molecule has 0 radical (unpaired) electrons. The summed E-state index contributed by atoms with van der Waals surface area (Å²) in [5, 5.41) is 6.95. The van der Waals surface area contributed by atoms with Gasteiger partial charge in [-0.25, -0.2) is 0 Å². The van der Waals surface area contributed by atoms with Crippen LogP contribution in [0.3, 0.4) is 0 Å². The predicted octanol–water partition coefficient (Wildman–Crippen LogP) is 1.29. The molecule has 1 unspecified atom stereocenters. The Labute approximate surface area is 102 Å². The summed E-state index contributed by atoms with van der Waals surface area (Å²) in [5.41, 5.74) is 2.45. The van der Waals surface area contributed by atoms with Crippen molar-refractivity contribution in [1.29, 1.82) is 0 Å². The highest BCUT2D eigenvalue weighted by Gasteiger charge is 2.29. The first-order valence-corrected chi connectivity index (χ1v) is 6.37. The smallest absolute Gasteiger partial charge is 0.144 e. The molecule has 0 spiro atoms. The SMILES string of the molecule is CCOc1cccc2c1NCC1CNCCN21. The largest absolute Gasteiger partial charge is 0.492 e. The monoisotopic (exact) mass is 233 g/mol. The Morgan fingerprint density at radius 2 is 2.35 bits per heavy atom. The summed E-state index contributed by atoms with van der Waals surface area (Å²) in [5.74, 6) is 0.974. The number of rotatable bonds is 2. The molecule has 0 aliphatic carbocycles. The normalized spacial score (nSPS) is 22.4. The molecule has 0 aromatic heterocycles. The van der Waals surface area contributed by atoms with Crippen LogP contribution in [0.25, 0.3) is 0 Å². The zero-order valence-electron chi connectivity index (χ0n) is 10.2. The van der Waals surface area contributed by atoms with Crippen LogP contribution >= 0.6 is 0 Å². The molecule has 1 saturated heterocycles. The third-order valence-corrected chi connectivity index (χ3v) is 3.48. The van der Waals surface area contributed by atoms with Crippen molar-refractivity contribution >= 4 is 11.4 Å². The molecule has 0 amide bonds. The number of nitrogens with zero attached hydrogens (tertiary/aromatic N) is 1. The van der Waals surface area contributed by atoms with Crippen LogP contribution in [0.4, 0.5) is 11.4 Å². The molecular weight excluding hydrogens is 214 g/mol. The first-order valence-electron chi connectivity index (χ1n) is 6.37. The van der Waals surface area contributed by atoms with Gasteiger partial charge in [-0.3, -0.25) is 0 Å². The van der Waals surface area contributed by atoms with E-state index in [9.17, 15) is 0 Å². The third kappa shape index (κ3) is 1.82. The maximum atomic E-state index is 5.68. The van der Waals surface area contributed by atoms with Crippen molar-refractivity contribution in [3.63, 3.8) is 0 Å². The minimum Gasteiger partial charge on any atom is -0.492 e. The van der Waals surface area contributed by atoms with Crippen LogP contribution in [0.15, 0.2) is 18.2 Å². The number of benzene rings is 1. The lowest BCUT2D eigenvalue weighted by Crippen LogP contribution is -2.56. The highest BCUT2D eigenvalue weighted by atomic mass is 16.5. The Morgan fingerprint density at radius 3 is 3.24 bits per heavy atom. The van der Waals surface area contributed by atoms with Gasteiger partial charge >= 0.3 is 0 Å². The van der Waals surface area contributed by atoms with Crippen LogP contribution in [-0.4, -0.2) is 38.8 Å². The fraction of sp³-hybridized carbons (Fsp3) is 0.538. The molecule has 4 heteroatoms. The van der Waals surface area contributed by atoms with Crippen LogP contribution in [0.5, 0.6) is 5.75 Å². The van der Waals surface area contributed by atoms with Gasteiger partial charge in [0.1, 0.15) is 11.4 Å². The molecular formula is C13H19N3O. The van der Waals surface area contributed by atoms with E-state index in [4.69, 9.17) is 4.74 Å². The van der Waals surface area contributed by atoms with Gasteiger partial charge in [0, 0.05) is 26.2 Å². The van der Waals surface area contributed by atoms with Crippen molar-refractivity contribution in [1.82, 2.24) is 5.32 Å². The van der Waals surface area contributed by atoms with Gasteiger partial charge in [-0.15, -0.1) is 0 Å². The van der Waals surface area contributed by atoms with Crippen molar-refractivity contribution in [2.45, 2.75) is 13.0 Å². The standard InChI is InChI=1S/C13H19N3O/c1-2-17-12-5-3-4-11-13(12)15-9-10-8-14-6-7-16(10)11/h3-5,10,14-15H,2,6-9H2,1H3. The van der Waals surface area contributed by atoms with Crippen molar-refractivity contribution < 1.29 is 4.74 Å². The molecule has 0 saturated carbocycles.